The Morgan fingerprint density at radius 3 is 1.42 bits per heavy atom. The van der Waals surface area contributed by atoms with E-state index in [0.29, 0.717) is 0 Å². The molecule has 19 heavy (non-hydrogen) atoms. The average Bonchev–Trinajstić information content (AvgIpc) is 2.98. The molecule has 0 fully saturated rings. The predicted molar refractivity (Wildman–Crippen MR) is 84.3 cm³/mol. The van der Waals surface area contributed by atoms with Crippen LogP contribution in [0.25, 0.3) is 22.3 Å². The number of aryl methyl sites for hydroxylation is 4. The van der Waals surface area contributed by atoms with Gasteiger partial charge in [0, 0.05) is 30.6 Å². The Morgan fingerprint density at radius 1 is 0.684 bits per heavy atom. The summed E-state index contributed by atoms with van der Waals surface area (Å²) in [4.78, 5) is 5.39. The van der Waals surface area contributed by atoms with Crippen LogP contribution >= 0.6 is 22.7 Å². The van der Waals surface area contributed by atoms with E-state index in [1.165, 1.54) is 41.8 Å². The van der Waals surface area contributed by atoms with E-state index in [9.17, 15) is 0 Å². The number of thiophene rings is 2. The van der Waals surface area contributed by atoms with Crippen LogP contribution in [0.1, 0.15) is 19.5 Å². The van der Waals surface area contributed by atoms with Crippen LogP contribution < -0.4 is 0 Å². The minimum atomic E-state index is 1.21. The standard InChI is InChI=1S/C16H16OS2/c1-9-5-13(11(3)18-9)15-7-17-8-16(15)14-6-10(2)19-12(14)4/h5-8H,1-4H3. The van der Waals surface area contributed by atoms with Crippen molar-refractivity contribution >= 4 is 22.7 Å². The number of hydrogen-bond donors (Lipinski definition) is 0. The van der Waals surface area contributed by atoms with Crippen LogP contribution in [0.4, 0.5) is 0 Å². The van der Waals surface area contributed by atoms with Gasteiger partial charge in [0.1, 0.15) is 0 Å². The van der Waals surface area contributed by atoms with E-state index in [1.54, 1.807) is 0 Å². The van der Waals surface area contributed by atoms with Gasteiger partial charge in [0.05, 0.1) is 12.5 Å². The summed E-state index contributed by atoms with van der Waals surface area (Å²) in [7, 11) is 0. The molecular formula is C16H16OS2. The minimum Gasteiger partial charge on any atom is -0.471 e. The molecule has 3 rings (SSSR count). The SMILES string of the molecule is Cc1cc(-c2cocc2-c2cc(C)sc2C)c(C)s1. The van der Waals surface area contributed by atoms with Crippen LogP contribution in [-0.2, 0) is 0 Å². The van der Waals surface area contributed by atoms with Gasteiger partial charge >= 0.3 is 0 Å². The van der Waals surface area contributed by atoms with E-state index >= 15 is 0 Å². The highest BCUT2D eigenvalue weighted by molar-refractivity contribution is 7.12. The molecule has 0 N–H and O–H groups in total. The van der Waals surface area contributed by atoms with Gasteiger partial charge in [-0.2, -0.15) is 0 Å². The van der Waals surface area contributed by atoms with Gasteiger partial charge in [-0.15, -0.1) is 22.7 Å². The first kappa shape index (κ1) is 12.7. The fourth-order valence-corrected chi connectivity index (χ4v) is 4.39. The highest BCUT2D eigenvalue weighted by Crippen LogP contribution is 2.40. The first-order valence-electron chi connectivity index (χ1n) is 6.27. The van der Waals surface area contributed by atoms with Gasteiger partial charge in [0.15, 0.2) is 0 Å². The van der Waals surface area contributed by atoms with Crippen molar-refractivity contribution in [2.24, 2.45) is 0 Å². The van der Waals surface area contributed by atoms with Crippen LogP contribution in [-0.4, -0.2) is 0 Å². The molecule has 0 saturated heterocycles. The molecule has 0 spiro atoms. The van der Waals surface area contributed by atoms with Crippen molar-refractivity contribution < 1.29 is 4.42 Å². The molecular weight excluding hydrogens is 272 g/mol. The van der Waals surface area contributed by atoms with E-state index < -0.39 is 0 Å². The third-order valence-corrected chi connectivity index (χ3v) is 5.26. The smallest absolute Gasteiger partial charge is 0.0987 e. The van der Waals surface area contributed by atoms with E-state index in [2.05, 4.69) is 39.8 Å². The van der Waals surface area contributed by atoms with Crippen LogP contribution in [0, 0.1) is 27.7 Å². The van der Waals surface area contributed by atoms with Crippen LogP contribution in [0.5, 0.6) is 0 Å². The van der Waals surface area contributed by atoms with Gasteiger partial charge < -0.3 is 4.42 Å². The van der Waals surface area contributed by atoms with Crippen molar-refractivity contribution in [3.05, 3.63) is 44.2 Å². The fourth-order valence-electron chi connectivity index (χ4n) is 2.51. The highest BCUT2D eigenvalue weighted by Gasteiger charge is 2.16. The third kappa shape index (κ3) is 2.17. The molecule has 0 aliphatic carbocycles. The number of furan rings is 1. The molecule has 0 aromatic carbocycles. The van der Waals surface area contributed by atoms with Gasteiger partial charge in [0.25, 0.3) is 0 Å². The van der Waals surface area contributed by atoms with E-state index in [1.807, 2.05) is 35.2 Å². The Kier molecular flexibility index (Phi) is 3.11. The van der Waals surface area contributed by atoms with Crippen LogP contribution in [0.15, 0.2) is 29.1 Å². The average molecular weight is 288 g/mol. The molecule has 0 bridgehead atoms. The molecule has 0 radical (unpaired) electrons. The lowest BCUT2D eigenvalue weighted by atomic mass is 10.00. The van der Waals surface area contributed by atoms with Crippen LogP contribution in [0.3, 0.4) is 0 Å². The Labute approximate surface area is 121 Å². The maximum absolute atomic E-state index is 5.49. The molecule has 0 atom stereocenters. The first-order valence-corrected chi connectivity index (χ1v) is 7.90. The van der Waals surface area contributed by atoms with Gasteiger partial charge in [0.2, 0.25) is 0 Å². The zero-order valence-corrected chi connectivity index (χ0v) is 13.2. The van der Waals surface area contributed by atoms with E-state index in [4.69, 9.17) is 4.42 Å². The van der Waals surface area contributed by atoms with Crippen LogP contribution in [0.2, 0.25) is 0 Å². The minimum absolute atomic E-state index is 1.21. The van der Waals surface area contributed by atoms with Gasteiger partial charge in [-0.05, 0) is 51.0 Å². The second-order valence-corrected chi connectivity index (χ2v) is 7.77. The van der Waals surface area contributed by atoms with Crippen molar-refractivity contribution in [2.75, 3.05) is 0 Å². The quantitative estimate of drug-likeness (QED) is 0.566. The summed E-state index contributed by atoms with van der Waals surface area (Å²) in [6.45, 7) is 8.66. The molecule has 3 aromatic heterocycles. The molecule has 3 heterocycles. The second kappa shape index (κ2) is 4.66. The largest absolute Gasteiger partial charge is 0.471 e. The normalized spacial score (nSPS) is 11.2. The summed E-state index contributed by atoms with van der Waals surface area (Å²) < 4.78 is 5.49. The molecule has 0 amide bonds. The summed E-state index contributed by atoms with van der Waals surface area (Å²) in [6.07, 6.45) is 3.74. The molecule has 0 unspecified atom stereocenters. The number of hydrogen-bond acceptors (Lipinski definition) is 3. The maximum atomic E-state index is 5.49. The summed E-state index contributed by atoms with van der Waals surface area (Å²) in [5.74, 6) is 0. The topological polar surface area (TPSA) is 13.1 Å². The Morgan fingerprint density at radius 2 is 1.11 bits per heavy atom. The Balaban J connectivity index is 2.18. The third-order valence-electron chi connectivity index (χ3n) is 3.32. The predicted octanol–water partition coefficient (Wildman–Crippen LogP) is 5.97. The van der Waals surface area contributed by atoms with E-state index in [-0.39, 0.29) is 0 Å². The zero-order chi connectivity index (χ0) is 13.6. The highest BCUT2D eigenvalue weighted by atomic mass is 32.1. The van der Waals surface area contributed by atoms with Crippen molar-refractivity contribution in [1.82, 2.24) is 0 Å². The van der Waals surface area contributed by atoms with Gasteiger partial charge in [-0.3, -0.25) is 0 Å². The van der Waals surface area contributed by atoms with Crippen molar-refractivity contribution in [1.29, 1.82) is 0 Å². The van der Waals surface area contributed by atoms with Gasteiger partial charge in [-0.25, -0.2) is 0 Å². The van der Waals surface area contributed by atoms with Gasteiger partial charge in [-0.1, -0.05) is 0 Å². The molecule has 98 valence electrons. The summed E-state index contributed by atoms with van der Waals surface area (Å²) in [5, 5.41) is 0. The molecule has 0 aliphatic rings. The molecule has 0 aliphatic heterocycles. The molecule has 3 heteroatoms. The summed E-state index contributed by atoms with van der Waals surface area (Å²) in [5.41, 5.74) is 5.02. The monoisotopic (exact) mass is 288 g/mol. The zero-order valence-electron chi connectivity index (χ0n) is 11.5. The Hall–Kier alpha value is -1.32. The molecule has 1 nitrogen and oxygen atoms in total. The summed E-state index contributed by atoms with van der Waals surface area (Å²) >= 11 is 3.68. The molecule has 3 aromatic rings. The van der Waals surface area contributed by atoms with Crippen molar-refractivity contribution in [3.63, 3.8) is 0 Å². The van der Waals surface area contributed by atoms with E-state index in [0.717, 1.165) is 0 Å². The number of rotatable bonds is 2. The van der Waals surface area contributed by atoms with Crippen molar-refractivity contribution in [3.8, 4) is 22.3 Å². The lowest BCUT2D eigenvalue weighted by Gasteiger charge is -2.01. The van der Waals surface area contributed by atoms with Crippen molar-refractivity contribution in [2.45, 2.75) is 27.7 Å². The Bertz CT molecular complexity index is 667. The first-order chi connectivity index (χ1) is 9.06. The lowest BCUT2D eigenvalue weighted by Crippen LogP contribution is -1.79. The molecule has 0 saturated carbocycles. The lowest BCUT2D eigenvalue weighted by molar-refractivity contribution is 0.569. The fraction of sp³-hybridized carbons (Fsp3) is 0.250. The summed E-state index contributed by atoms with van der Waals surface area (Å²) in [6, 6.07) is 4.51. The maximum Gasteiger partial charge on any atom is 0.0987 e. The second-order valence-electron chi connectivity index (χ2n) is 4.85.